The SMILES string of the molecule is C/C(=N/O)c1cccc(OCc2ccc(CO)cc2)c1. The molecule has 0 aliphatic heterocycles. The molecule has 0 fully saturated rings. The van der Waals surface area contributed by atoms with Crippen LogP contribution in [0, 0.1) is 0 Å². The molecular weight excluding hydrogens is 254 g/mol. The Kier molecular flexibility index (Phi) is 4.74. The summed E-state index contributed by atoms with van der Waals surface area (Å²) in [6.45, 7) is 2.22. The minimum absolute atomic E-state index is 0.0446. The highest BCUT2D eigenvalue weighted by atomic mass is 16.5. The van der Waals surface area contributed by atoms with Crippen LogP contribution >= 0.6 is 0 Å². The van der Waals surface area contributed by atoms with Crippen LogP contribution in [0.2, 0.25) is 0 Å². The van der Waals surface area contributed by atoms with Gasteiger partial charge in [0.05, 0.1) is 12.3 Å². The van der Waals surface area contributed by atoms with E-state index in [4.69, 9.17) is 15.1 Å². The first kappa shape index (κ1) is 14.1. The fourth-order valence-corrected chi connectivity index (χ4v) is 1.78. The Morgan fingerprint density at radius 3 is 2.45 bits per heavy atom. The van der Waals surface area contributed by atoms with Crippen molar-refractivity contribution in [1.82, 2.24) is 0 Å². The van der Waals surface area contributed by atoms with Crippen molar-refractivity contribution in [3.8, 4) is 5.75 Å². The first-order valence-electron chi connectivity index (χ1n) is 6.33. The smallest absolute Gasteiger partial charge is 0.120 e. The molecule has 0 aromatic heterocycles. The Labute approximate surface area is 117 Å². The molecule has 0 heterocycles. The predicted molar refractivity (Wildman–Crippen MR) is 77.1 cm³/mol. The van der Waals surface area contributed by atoms with Crippen LogP contribution in [0.15, 0.2) is 53.7 Å². The number of nitrogens with zero attached hydrogens (tertiary/aromatic N) is 1. The van der Waals surface area contributed by atoms with E-state index in [-0.39, 0.29) is 6.61 Å². The Bertz CT molecular complexity index is 591. The van der Waals surface area contributed by atoms with Crippen molar-refractivity contribution in [3.05, 3.63) is 65.2 Å². The van der Waals surface area contributed by atoms with E-state index in [1.807, 2.05) is 48.5 Å². The zero-order valence-corrected chi connectivity index (χ0v) is 11.3. The molecule has 2 aromatic carbocycles. The molecular formula is C16H17NO3. The number of rotatable bonds is 5. The van der Waals surface area contributed by atoms with E-state index in [0.717, 1.165) is 22.4 Å². The number of ether oxygens (including phenoxy) is 1. The summed E-state index contributed by atoms with van der Waals surface area (Å²) in [4.78, 5) is 0. The van der Waals surface area contributed by atoms with E-state index < -0.39 is 0 Å². The first-order valence-corrected chi connectivity index (χ1v) is 6.33. The van der Waals surface area contributed by atoms with Crippen LogP contribution in [0.5, 0.6) is 5.75 Å². The van der Waals surface area contributed by atoms with Gasteiger partial charge in [-0.3, -0.25) is 0 Å². The maximum Gasteiger partial charge on any atom is 0.120 e. The molecule has 0 unspecified atom stereocenters. The zero-order valence-electron chi connectivity index (χ0n) is 11.3. The second-order valence-electron chi connectivity index (χ2n) is 4.48. The highest BCUT2D eigenvalue weighted by Crippen LogP contribution is 2.16. The van der Waals surface area contributed by atoms with Gasteiger partial charge in [0.25, 0.3) is 0 Å². The molecule has 20 heavy (non-hydrogen) atoms. The molecule has 0 aliphatic carbocycles. The summed E-state index contributed by atoms with van der Waals surface area (Å²) in [5.41, 5.74) is 3.27. The van der Waals surface area contributed by atoms with E-state index in [1.165, 1.54) is 0 Å². The molecule has 0 saturated carbocycles. The van der Waals surface area contributed by atoms with Gasteiger partial charge < -0.3 is 15.1 Å². The predicted octanol–water partition coefficient (Wildman–Crippen LogP) is 2.96. The van der Waals surface area contributed by atoms with Crippen molar-refractivity contribution in [2.75, 3.05) is 0 Å². The largest absolute Gasteiger partial charge is 0.489 e. The lowest BCUT2D eigenvalue weighted by Gasteiger charge is -2.08. The Morgan fingerprint density at radius 1 is 1.10 bits per heavy atom. The van der Waals surface area contributed by atoms with E-state index in [2.05, 4.69) is 5.16 Å². The van der Waals surface area contributed by atoms with Crippen molar-refractivity contribution in [3.63, 3.8) is 0 Å². The Balaban J connectivity index is 2.03. The lowest BCUT2D eigenvalue weighted by Crippen LogP contribution is -1.98. The van der Waals surface area contributed by atoms with Gasteiger partial charge >= 0.3 is 0 Å². The Hall–Kier alpha value is -2.33. The molecule has 0 saturated heterocycles. The molecule has 0 aliphatic rings. The van der Waals surface area contributed by atoms with Crippen LogP contribution in [0.1, 0.15) is 23.6 Å². The summed E-state index contributed by atoms with van der Waals surface area (Å²) < 4.78 is 5.70. The van der Waals surface area contributed by atoms with Gasteiger partial charge in [0.2, 0.25) is 0 Å². The summed E-state index contributed by atoms with van der Waals surface area (Å²) >= 11 is 0. The maximum atomic E-state index is 8.98. The molecule has 2 aromatic rings. The summed E-state index contributed by atoms with van der Waals surface area (Å²) in [6, 6.07) is 15.0. The van der Waals surface area contributed by atoms with E-state index >= 15 is 0 Å². The van der Waals surface area contributed by atoms with Gasteiger partial charge in [-0.25, -0.2) is 0 Å². The van der Waals surface area contributed by atoms with Crippen molar-refractivity contribution >= 4 is 5.71 Å². The molecule has 0 radical (unpaired) electrons. The average Bonchev–Trinajstić information content (AvgIpc) is 2.53. The number of aliphatic hydroxyl groups is 1. The van der Waals surface area contributed by atoms with Gasteiger partial charge in [-0.15, -0.1) is 0 Å². The first-order chi connectivity index (χ1) is 9.72. The topological polar surface area (TPSA) is 62.1 Å². The summed E-state index contributed by atoms with van der Waals surface area (Å²) in [7, 11) is 0. The molecule has 2 N–H and O–H groups in total. The molecule has 2 rings (SSSR count). The highest BCUT2D eigenvalue weighted by Gasteiger charge is 2.01. The van der Waals surface area contributed by atoms with E-state index in [0.29, 0.717) is 12.3 Å². The van der Waals surface area contributed by atoms with Gasteiger partial charge in [-0.2, -0.15) is 0 Å². The second kappa shape index (κ2) is 6.73. The molecule has 104 valence electrons. The lowest BCUT2D eigenvalue weighted by atomic mass is 10.1. The van der Waals surface area contributed by atoms with Gasteiger partial charge in [-0.05, 0) is 30.2 Å². The molecule has 0 bridgehead atoms. The fraction of sp³-hybridized carbons (Fsp3) is 0.188. The monoisotopic (exact) mass is 271 g/mol. The van der Waals surface area contributed by atoms with Crippen molar-refractivity contribution in [2.24, 2.45) is 5.16 Å². The Morgan fingerprint density at radius 2 is 1.80 bits per heavy atom. The zero-order chi connectivity index (χ0) is 14.4. The molecule has 4 nitrogen and oxygen atoms in total. The normalized spacial score (nSPS) is 11.4. The third-order valence-electron chi connectivity index (χ3n) is 3.01. The summed E-state index contributed by atoms with van der Waals surface area (Å²) in [5.74, 6) is 0.719. The second-order valence-corrected chi connectivity index (χ2v) is 4.48. The minimum Gasteiger partial charge on any atom is -0.489 e. The van der Waals surface area contributed by atoms with E-state index in [9.17, 15) is 0 Å². The van der Waals surface area contributed by atoms with Crippen molar-refractivity contribution in [1.29, 1.82) is 0 Å². The van der Waals surface area contributed by atoms with Crippen molar-refractivity contribution < 1.29 is 15.1 Å². The van der Waals surface area contributed by atoms with Crippen LogP contribution in [0.4, 0.5) is 0 Å². The quantitative estimate of drug-likeness (QED) is 0.499. The summed E-state index contributed by atoms with van der Waals surface area (Å²) in [5, 5.41) is 20.9. The van der Waals surface area contributed by atoms with Gasteiger partial charge in [-0.1, -0.05) is 41.6 Å². The number of benzene rings is 2. The van der Waals surface area contributed by atoms with Crippen molar-refractivity contribution in [2.45, 2.75) is 20.1 Å². The van der Waals surface area contributed by atoms with Crippen LogP contribution in [0.3, 0.4) is 0 Å². The molecule has 0 amide bonds. The maximum absolute atomic E-state index is 8.98. The number of hydrogen-bond acceptors (Lipinski definition) is 4. The number of hydrogen-bond donors (Lipinski definition) is 2. The fourth-order valence-electron chi connectivity index (χ4n) is 1.78. The number of oxime groups is 1. The lowest BCUT2D eigenvalue weighted by molar-refractivity contribution is 0.281. The average molecular weight is 271 g/mol. The number of aliphatic hydroxyl groups excluding tert-OH is 1. The third kappa shape index (κ3) is 3.59. The van der Waals surface area contributed by atoms with Gasteiger partial charge in [0.1, 0.15) is 12.4 Å². The molecule has 4 heteroatoms. The highest BCUT2D eigenvalue weighted by molar-refractivity contribution is 5.98. The standard InChI is InChI=1S/C16H17NO3/c1-12(17-19)15-3-2-4-16(9-15)20-11-14-7-5-13(10-18)6-8-14/h2-9,18-19H,10-11H2,1H3/b17-12-. The summed E-state index contributed by atoms with van der Waals surface area (Å²) in [6.07, 6.45) is 0. The molecule has 0 spiro atoms. The molecule has 0 atom stereocenters. The van der Waals surface area contributed by atoms with Crippen LogP contribution < -0.4 is 4.74 Å². The van der Waals surface area contributed by atoms with Gasteiger partial charge in [0, 0.05) is 5.56 Å². The minimum atomic E-state index is 0.0446. The van der Waals surface area contributed by atoms with Crippen LogP contribution in [-0.4, -0.2) is 16.0 Å². The van der Waals surface area contributed by atoms with Crippen LogP contribution in [0.25, 0.3) is 0 Å². The van der Waals surface area contributed by atoms with Gasteiger partial charge in [0.15, 0.2) is 0 Å². The van der Waals surface area contributed by atoms with Crippen LogP contribution in [-0.2, 0) is 13.2 Å². The van der Waals surface area contributed by atoms with E-state index in [1.54, 1.807) is 6.92 Å². The third-order valence-corrected chi connectivity index (χ3v) is 3.01.